The van der Waals surface area contributed by atoms with E-state index in [1.165, 1.54) is 12.4 Å². The maximum Gasteiger partial charge on any atom is 0.236 e. The largest absolute Gasteiger partial charge is 0.253 e. The lowest BCUT2D eigenvalue weighted by atomic mass is 10.7. The van der Waals surface area contributed by atoms with Gasteiger partial charge in [-0.2, -0.15) is 0 Å². The fraction of sp³-hybridized carbons (Fsp3) is 0. The van der Waals surface area contributed by atoms with Gasteiger partial charge in [-0.05, 0) is 6.07 Å². The molecule has 1 N–H and O–H groups in total. The Hall–Kier alpha value is -1.17. The van der Waals surface area contributed by atoms with Crippen molar-refractivity contribution in [2.45, 2.75) is 0 Å². The van der Waals surface area contributed by atoms with Crippen molar-refractivity contribution in [2.24, 2.45) is 0 Å². The van der Waals surface area contributed by atoms with Crippen LogP contribution in [0.3, 0.4) is 0 Å². The number of hydrogen-bond donors (Lipinski definition) is 2. The van der Waals surface area contributed by atoms with Gasteiger partial charge in [0.05, 0.1) is 0 Å². The highest BCUT2D eigenvalue weighted by Crippen LogP contribution is 1.91. The first-order valence-electron chi connectivity index (χ1n) is 2.47. The zero-order valence-electron chi connectivity index (χ0n) is 4.89. The summed E-state index contributed by atoms with van der Waals surface area (Å²) in [4.78, 5) is 7.23. The Bertz CT molecular complexity index is 263. The summed E-state index contributed by atoms with van der Waals surface area (Å²) < 4.78 is 22.1. The lowest BCUT2D eigenvalue weighted by Crippen LogP contribution is -1.98. The molecule has 10 heavy (non-hydrogen) atoms. The average molecular weight is 159 g/mol. The molecule has 0 spiro atoms. The summed E-state index contributed by atoms with van der Waals surface area (Å²) in [5.41, 5.74) is 0. The predicted octanol–water partition coefficient (Wildman–Crippen LogP) is -0.585. The molecule has 0 bridgehead atoms. The zero-order chi connectivity index (χ0) is 7.40. The van der Waals surface area contributed by atoms with Crippen molar-refractivity contribution in [3.8, 4) is 0 Å². The lowest BCUT2D eigenvalue weighted by Gasteiger charge is -1.91. The van der Waals surface area contributed by atoms with Crippen molar-refractivity contribution < 1.29 is 8.42 Å². The predicted molar refractivity (Wildman–Crippen MR) is 36.0 cm³/mol. The van der Waals surface area contributed by atoms with Crippen LogP contribution in [0.2, 0.25) is 0 Å². The Labute approximate surface area is 59.2 Å². The van der Waals surface area contributed by atoms with E-state index in [0.29, 0.717) is 0 Å². The zero-order valence-corrected chi connectivity index (χ0v) is 5.78. The number of aromatic nitrogens is 2. The van der Waals surface area contributed by atoms with E-state index in [1.54, 1.807) is 6.07 Å². The van der Waals surface area contributed by atoms with E-state index < -0.39 is 10.9 Å². The Morgan fingerprint density at radius 2 is 1.90 bits per heavy atom. The molecular formula is C4H5N3O2S. The molecule has 54 valence electrons. The number of thiol groups is 1. The Morgan fingerprint density at radius 3 is 2.40 bits per heavy atom. The van der Waals surface area contributed by atoms with Crippen LogP contribution in [0.4, 0.5) is 5.95 Å². The number of hydrogen-bond acceptors (Lipinski definition) is 4. The van der Waals surface area contributed by atoms with Gasteiger partial charge in [0.25, 0.3) is 0 Å². The van der Waals surface area contributed by atoms with E-state index in [4.69, 9.17) is 0 Å². The second-order valence-electron chi connectivity index (χ2n) is 1.44. The first-order valence-corrected chi connectivity index (χ1v) is 3.65. The van der Waals surface area contributed by atoms with Gasteiger partial charge < -0.3 is 0 Å². The lowest BCUT2D eigenvalue weighted by molar-refractivity contribution is 0.618. The van der Waals surface area contributed by atoms with Gasteiger partial charge in [0.15, 0.2) is 0 Å². The fourth-order valence-corrected chi connectivity index (χ4v) is 0.717. The molecule has 6 heteroatoms. The van der Waals surface area contributed by atoms with Crippen molar-refractivity contribution >= 4 is 16.8 Å². The second kappa shape index (κ2) is 3.11. The molecule has 0 saturated heterocycles. The first-order chi connectivity index (χ1) is 4.79. The summed E-state index contributed by atoms with van der Waals surface area (Å²) in [6.45, 7) is 0. The highest BCUT2D eigenvalue weighted by atomic mass is 32.2. The van der Waals surface area contributed by atoms with E-state index in [0.717, 1.165) is 0 Å². The summed E-state index contributed by atoms with van der Waals surface area (Å²) in [7, 11) is -2.65. The molecule has 1 heterocycles. The van der Waals surface area contributed by atoms with Gasteiger partial charge in [-0.1, -0.05) is 0 Å². The Morgan fingerprint density at radius 1 is 1.30 bits per heavy atom. The van der Waals surface area contributed by atoms with Crippen molar-refractivity contribution in [2.75, 3.05) is 4.72 Å². The summed E-state index contributed by atoms with van der Waals surface area (Å²) in [5, 5.41) is 0. The maximum atomic E-state index is 10.0. The van der Waals surface area contributed by atoms with Crippen LogP contribution in [0.15, 0.2) is 18.5 Å². The summed E-state index contributed by atoms with van der Waals surface area (Å²) in [5.74, 6) is 0.0959. The molecule has 0 radical (unpaired) electrons. The average Bonchev–Trinajstić information content (AvgIpc) is 1.88. The van der Waals surface area contributed by atoms with Crippen LogP contribution in [-0.4, -0.2) is 18.4 Å². The van der Waals surface area contributed by atoms with Gasteiger partial charge in [0, 0.05) is 12.4 Å². The third-order valence-corrected chi connectivity index (χ3v) is 1.14. The van der Waals surface area contributed by atoms with E-state index in [2.05, 4.69) is 9.97 Å². The van der Waals surface area contributed by atoms with Crippen LogP contribution >= 0.6 is 0 Å². The molecule has 1 rings (SSSR count). The van der Waals surface area contributed by atoms with Crippen LogP contribution in [-0.2, 0) is 10.9 Å². The first kappa shape index (κ1) is 6.94. The highest BCUT2D eigenvalue weighted by Gasteiger charge is 1.89. The minimum absolute atomic E-state index is 0.0959. The molecule has 0 aliphatic heterocycles. The molecule has 1 aromatic heterocycles. The SMILES string of the molecule is O=[SH](=O)Nc1ncccn1. The Kier molecular flexibility index (Phi) is 2.16. The molecule has 0 aromatic carbocycles. The monoisotopic (exact) mass is 159 g/mol. The molecular weight excluding hydrogens is 154 g/mol. The third kappa shape index (κ3) is 1.98. The van der Waals surface area contributed by atoms with Crippen molar-refractivity contribution in [3.63, 3.8) is 0 Å². The van der Waals surface area contributed by atoms with Crippen molar-refractivity contribution in [3.05, 3.63) is 18.5 Å². The smallest absolute Gasteiger partial charge is 0.236 e. The van der Waals surface area contributed by atoms with Crippen LogP contribution in [0.5, 0.6) is 0 Å². The summed E-state index contributed by atoms with van der Waals surface area (Å²) >= 11 is 0. The molecule has 1 aromatic rings. The van der Waals surface area contributed by atoms with Crippen LogP contribution in [0.1, 0.15) is 0 Å². The van der Waals surface area contributed by atoms with E-state index in [1.807, 2.05) is 4.72 Å². The summed E-state index contributed by atoms with van der Waals surface area (Å²) in [6, 6.07) is 1.60. The number of nitrogens with zero attached hydrogens (tertiary/aromatic N) is 2. The van der Waals surface area contributed by atoms with Gasteiger partial charge in [0.2, 0.25) is 16.8 Å². The van der Waals surface area contributed by atoms with Gasteiger partial charge in [-0.3, -0.25) is 4.72 Å². The molecule has 0 atom stereocenters. The number of nitrogens with one attached hydrogen (secondary N) is 1. The molecule has 0 fully saturated rings. The van der Waals surface area contributed by atoms with Gasteiger partial charge in [-0.25, -0.2) is 18.4 Å². The van der Waals surface area contributed by atoms with Crippen LogP contribution < -0.4 is 4.72 Å². The standard InChI is InChI=1S/C4H5N3O2S/c8-10(9)7-4-5-2-1-3-6-4/h1-3,10H,(H,5,6,7,8,9). The molecule has 0 amide bonds. The number of rotatable bonds is 2. The number of anilines is 1. The van der Waals surface area contributed by atoms with Crippen LogP contribution in [0, 0.1) is 0 Å². The fourth-order valence-electron chi connectivity index (χ4n) is 0.438. The van der Waals surface area contributed by atoms with Crippen molar-refractivity contribution in [1.29, 1.82) is 0 Å². The minimum Gasteiger partial charge on any atom is -0.253 e. The quantitative estimate of drug-likeness (QED) is 0.566. The Balaban J connectivity index is 2.77. The molecule has 0 saturated carbocycles. The molecule has 0 aliphatic carbocycles. The van der Waals surface area contributed by atoms with Gasteiger partial charge >= 0.3 is 0 Å². The molecule has 0 unspecified atom stereocenters. The second-order valence-corrected chi connectivity index (χ2v) is 2.18. The minimum atomic E-state index is -2.65. The highest BCUT2D eigenvalue weighted by molar-refractivity contribution is 7.73. The maximum absolute atomic E-state index is 10.0. The molecule has 0 aliphatic rings. The topological polar surface area (TPSA) is 72.0 Å². The van der Waals surface area contributed by atoms with E-state index in [9.17, 15) is 8.42 Å². The third-order valence-electron chi connectivity index (χ3n) is 0.757. The summed E-state index contributed by atoms with van der Waals surface area (Å²) in [6.07, 6.45) is 2.91. The van der Waals surface area contributed by atoms with E-state index >= 15 is 0 Å². The van der Waals surface area contributed by atoms with Gasteiger partial charge in [0.1, 0.15) is 0 Å². The van der Waals surface area contributed by atoms with Crippen molar-refractivity contribution in [1.82, 2.24) is 9.97 Å². The van der Waals surface area contributed by atoms with E-state index in [-0.39, 0.29) is 5.95 Å². The molecule has 5 nitrogen and oxygen atoms in total. The van der Waals surface area contributed by atoms with Crippen LogP contribution in [0.25, 0.3) is 0 Å². The van der Waals surface area contributed by atoms with Gasteiger partial charge in [-0.15, -0.1) is 0 Å². The normalized spacial score (nSPS) is 9.70.